The molecule has 0 amide bonds. The number of carbonyl (C=O) groups excluding carboxylic acids is 2. The van der Waals surface area contributed by atoms with Gasteiger partial charge in [-0.1, -0.05) is 26.0 Å². The standard InChI is InChI=1S/C18H27NO4/c1-4-22-18(21)7-5-6-15-8-10-17(11-9-15)23-13-16(20)12-19-14(2)3/h8-11,14,19H,4-7,12-13H2,1-3H3. The van der Waals surface area contributed by atoms with Crippen LogP contribution in [-0.4, -0.2) is 37.6 Å². The SMILES string of the molecule is CCOC(=O)CCCc1ccc(OCC(=O)CNC(C)C)cc1. The lowest BCUT2D eigenvalue weighted by atomic mass is 10.1. The molecule has 0 fully saturated rings. The van der Waals surface area contributed by atoms with Crippen LogP contribution in [0.3, 0.4) is 0 Å². The maximum Gasteiger partial charge on any atom is 0.305 e. The molecule has 0 radical (unpaired) electrons. The minimum Gasteiger partial charge on any atom is -0.486 e. The summed E-state index contributed by atoms with van der Waals surface area (Å²) in [7, 11) is 0. The van der Waals surface area contributed by atoms with Crippen molar-refractivity contribution < 1.29 is 19.1 Å². The predicted molar refractivity (Wildman–Crippen MR) is 89.7 cm³/mol. The molecule has 128 valence electrons. The van der Waals surface area contributed by atoms with Crippen LogP contribution >= 0.6 is 0 Å². The van der Waals surface area contributed by atoms with Gasteiger partial charge in [-0.05, 0) is 37.5 Å². The van der Waals surface area contributed by atoms with Crippen LogP contribution < -0.4 is 10.1 Å². The number of esters is 1. The summed E-state index contributed by atoms with van der Waals surface area (Å²) in [5.74, 6) is 0.551. The zero-order valence-electron chi connectivity index (χ0n) is 14.3. The molecule has 0 aromatic heterocycles. The number of hydrogen-bond acceptors (Lipinski definition) is 5. The van der Waals surface area contributed by atoms with E-state index >= 15 is 0 Å². The third-order valence-corrected chi connectivity index (χ3v) is 3.18. The van der Waals surface area contributed by atoms with E-state index in [4.69, 9.17) is 9.47 Å². The van der Waals surface area contributed by atoms with Crippen molar-refractivity contribution in [3.63, 3.8) is 0 Å². The topological polar surface area (TPSA) is 64.6 Å². The molecule has 0 aliphatic carbocycles. The van der Waals surface area contributed by atoms with E-state index < -0.39 is 0 Å². The molecule has 0 bridgehead atoms. The first-order chi connectivity index (χ1) is 11.0. The van der Waals surface area contributed by atoms with Crippen LogP contribution in [0.25, 0.3) is 0 Å². The number of nitrogens with one attached hydrogen (secondary N) is 1. The van der Waals surface area contributed by atoms with Gasteiger partial charge in [0.15, 0.2) is 5.78 Å². The zero-order chi connectivity index (χ0) is 17.1. The number of ketones is 1. The van der Waals surface area contributed by atoms with Crippen molar-refractivity contribution >= 4 is 11.8 Å². The Morgan fingerprint density at radius 3 is 2.48 bits per heavy atom. The molecule has 1 N–H and O–H groups in total. The quantitative estimate of drug-likeness (QED) is 0.635. The van der Waals surface area contributed by atoms with Crippen molar-refractivity contribution in [2.45, 2.75) is 46.1 Å². The molecule has 0 saturated heterocycles. The third-order valence-electron chi connectivity index (χ3n) is 3.18. The number of Topliss-reactive ketones (excluding diaryl/α,β-unsaturated/α-hetero) is 1. The van der Waals surface area contributed by atoms with Crippen LogP contribution in [0.15, 0.2) is 24.3 Å². The van der Waals surface area contributed by atoms with E-state index in [9.17, 15) is 9.59 Å². The van der Waals surface area contributed by atoms with Gasteiger partial charge in [-0.2, -0.15) is 0 Å². The first kappa shape index (κ1) is 19.2. The van der Waals surface area contributed by atoms with Gasteiger partial charge >= 0.3 is 5.97 Å². The highest BCUT2D eigenvalue weighted by Crippen LogP contribution is 2.14. The Balaban J connectivity index is 2.27. The largest absolute Gasteiger partial charge is 0.486 e. The Bertz CT molecular complexity index is 482. The lowest BCUT2D eigenvalue weighted by molar-refractivity contribution is -0.143. The summed E-state index contributed by atoms with van der Waals surface area (Å²) in [6, 6.07) is 7.90. The number of ether oxygens (including phenoxy) is 2. The van der Waals surface area contributed by atoms with E-state index in [-0.39, 0.29) is 24.4 Å². The summed E-state index contributed by atoms with van der Waals surface area (Å²) in [6.45, 7) is 6.62. The molecule has 1 aromatic rings. The van der Waals surface area contributed by atoms with Crippen molar-refractivity contribution in [3.8, 4) is 5.75 Å². The minimum atomic E-state index is -0.152. The Morgan fingerprint density at radius 2 is 1.87 bits per heavy atom. The van der Waals surface area contributed by atoms with Gasteiger partial charge in [0.05, 0.1) is 13.2 Å². The Hall–Kier alpha value is -1.88. The number of carbonyl (C=O) groups is 2. The third kappa shape index (κ3) is 8.98. The molecule has 0 saturated carbocycles. The maximum absolute atomic E-state index is 11.6. The van der Waals surface area contributed by atoms with Gasteiger partial charge in [-0.3, -0.25) is 9.59 Å². The zero-order valence-corrected chi connectivity index (χ0v) is 14.3. The summed E-state index contributed by atoms with van der Waals surface area (Å²) in [6.07, 6.45) is 2.01. The highest BCUT2D eigenvalue weighted by atomic mass is 16.5. The number of rotatable bonds is 11. The smallest absolute Gasteiger partial charge is 0.305 e. The van der Waals surface area contributed by atoms with Crippen molar-refractivity contribution in [3.05, 3.63) is 29.8 Å². The average Bonchev–Trinajstić information content (AvgIpc) is 2.52. The lowest BCUT2D eigenvalue weighted by Crippen LogP contribution is -2.31. The summed E-state index contributed by atoms with van der Waals surface area (Å²) in [4.78, 5) is 22.9. The summed E-state index contributed by atoms with van der Waals surface area (Å²) in [5, 5.41) is 3.06. The van der Waals surface area contributed by atoms with Gasteiger partial charge < -0.3 is 14.8 Å². The molecule has 5 nitrogen and oxygen atoms in total. The van der Waals surface area contributed by atoms with Crippen LogP contribution in [-0.2, 0) is 20.7 Å². The highest BCUT2D eigenvalue weighted by Gasteiger charge is 2.05. The van der Waals surface area contributed by atoms with E-state index in [1.165, 1.54) is 0 Å². The molecule has 0 aliphatic rings. The Kier molecular flexibility index (Phi) is 8.98. The lowest BCUT2D eigenvalue weighted by Gasteiger charge is -2.09. The summed E-state index contributed by atoms with van der Waals surface area (Å²) < 4.78 is 10.4. The maximum atomic E-state index is 11.6. The highest BCUT2D eigenvalue weighted by molar-refractivity contribution is 5.82. The summed E-state index contributed by atoms with van der Waals surface area (Å²) >= 11 is 0. The van der Waals surface area contributed by atoms with Crippen LogP contribution in [0.5, 0.6) is 5.75 Å². The van der Waals surface area contributed by atoms with Crippen molar-refractivity contribution in [1.82, 2.24) is 5.32 Å². The average molecular weight is 321 g/mol. The second-order valence-electron chi connectivity index (χ2n) is 5.67. The van der Waals surface area contributed by atoms with Gasteiger partial charge in [0.25, 0.3) is 0 Å². The molecule has 5 heteroatoms. The molecule has 23 heavy (non-hydrogen) atoms. The molecular formula is C18H27NO4. The molecule has 0 aliphatic heterocycles. The molecule has 0 spiro atoms. The van der Waals surface area contributed by atoms with Gasteiger partial charge in [0.1, 0.15) is 12.4 Å². The molecule has 0 atom stereocenters. The second kappa shape index (κ2) is 10.8. The van der Waals surface area contributed by atoms with E-state index in [1.807, 2.05) is 38.1 Å². The molecule has 0 heterocycles. The van der Waals surface area contributed by atoms with Crippen LogP contribution in [0, 0.1) is 0 Å². The fraction of sp³-hybridized carbons (Fsp3) is 0.556. The van der Waals surface area contributed by atoms with E-state index in [2.05, 4.69) is 5.32 Å². The van der Waals surface area contributed by atoms with Gasteiger partial charge in [-0.15, -0.1) is 0 Å². The Morgan fingerprint density at radius 1 is 1.17 bits per heavy atom. The minimum absolute atomic E-state index is 0.0252. The molecule has 0 unspecified atom stereocenters. The number of aryl methyl sites for hydroxylation is 1. The number of hydrogen-bond donors (Lipinski definition) is 1. The van der Waals surface area contributed by atoms with Crippen molar-refractivity contribution in [2.24, 2.45) is 0 Å². The van der Waals surface area contributed by atoms with E-state index in [1.54, 1.807) is 6.92 Å². The Labute approximate surface area is 138 Å². The first-order valence-corrected chi connectivity index (χ1v) is 8.13. The van der Waals surface area contributed by atoms with Gasteiger partial charge in [-0.25, -0.2) is 0 Å². The van der Waals surface area contributed by atoms with E-state index in [0.29, 0.717) is 25.3 Å². The van der Waals surface area contributed by atoms with E-state index in [0.717, 1.165) is 18.4 Å². The number of benzene rings is 1. The van der Waals surface area contributed by atoms with Gasteiger partial charge in [0.2, 0.25) is 0 Å². The fourth-order valence-corrected chi connectivity index (χ4v) is 1.96. The molecule has 1 rings (SSSR count). The normalized spacial score (nSPS) is 10.6. The summed E-state index contributed by atoms with van der Waals surface area (Å²) in [5.41, 5.74) is 1.13. The molecule has 1 aromatic carbocycles. The van der Waals surface area contributed by atoms with Gasteiger partial charge in [0, 0.05) is 12.5 Å². The first-order valence-electron chi connectivity index (χ1n) is 8.13. The van der Waals surface area contributed by atoms with Crippen molar-refractivity contribution in [1.29, 1.82) is 0 Å². The van der Waals surface area contributed by atoms with Crippen LogP contribution in [0.4, 0.5) is 0 Å². The van der Waals surface area contributed by atoms with Crippen LogP contribution in [0.2, 0.25) is 0 Å². The van der Waals surface area contributed by atoms with Crippen LogP contribution in [0.1, 0.15) is 39.2 Å². The second-order valence-corrected chi connectivity index (χ2v) is 5.67. The monoisotopic (exact) mass is 321 g/mol. The molecular weight excluding hydrogens is 294 g/mol. The van der Waals surface area contributed by atoms with Crippen molar-refractivity contribution in [2.75, 3.05) is 19.8 Å². The predicted octanol–water partition coefficient (Wildman–Crippen LogP) is 2.52. The fourth-order valence-electron chi connectivity index (χ4n) is 1.96.